The smallest absolute Gasteiger partial charge is 0.232 e. The number of carboxylic acid groups (broad SMARTS) is 2. The number of nitrogens with zero attached hydrogens (tertiary/aromatic N) is 10. The summed E-state index contributed by atoms with van der Waals surface area (Å²) in [5.41, 5.74) is -2.51. The minimum atomic E-state index is -1.47. The van der Waals surface area contributed by atoms with Crippen molar-refractivity contribution in [1.82, 2.24) is 51.2 Å². The second-order valence-corrected chi connectivity index (χ2v) is 32.7. The summed E-state index contributed by atoms with van der Waals surface area (Å²) in [6.45, 7) is 48.8. The van der Waals surface area contributed by atoms with Crippen LogP contribution in [0.1, 0.15) is 273 Å². The lowest BCUT2D eigenvalue weighted by Crippen LogP contribution is -2.63. The summed E-state index contributed by atoms with van der Waals surface area (Å²) in [5, 5.41) is 48.7. The van der Waals surface area contributed by atoms with Crippen molar-refractivity contribution in [2.24, 2.45) is 5.41 Å². The fourth-order valence-electron chi connectivity index (χ4n) is 16.5. The van der Waals surface area contributed by atoms with Crippen LogP contribution >= 0.6 is 0 Å². The Morgan fingerprint density at radius 1 is 0.409 bits per heavy atom. The van der Waals surface area contributed by atoms with E-state index in [1.807, 2.05) is 0 Å². The van der Waals surface area contributed by atoms with E-state index >= 15 is 0 Å². The molecular weight excluding hydrogens is 1100 g/mol. The SMILES string of the molecule is CCCCN(c1nc(NCCC(CCCC(=O)[O-])(CCNc2nc(N(CCCC)C3CC(C)(C)NC(C)(C)C3)nc(N(CCCC)C3CC(C)(C)NC(C)(C)C3)n2)C(=O)[O-])nc(N(CCCC)C2CC(C)(C)NC(C)(C)C2)n1)C1CC(C)(C)NC(C)(C)C1. The lowest BCUT2D eigenvalue weighted by molar-refractivity contribution is -0.321. The van der Waals surface area contributed by atoms with Gasteiger partial charge >= 0.3 is 0 Å². The molecule has 502 valence electrons. The van der Waals surface area contributed by atoms with Crippen LogP contribution in [0.4, 0.5) is 35.7 Å². The molecule has 20 heteroatoms. The highest BCUT2D eigenvalue weighted by atomic mass is 16.4. The van der Waals surface area contributed by atoms with Crippen LogP contribution in [0.15, 0.2) is 0 Å². The molecule has 0 saturated carbocycles. The number of aromatic nitrogens is 6. The van der Waals surface area contributed by atoms with Crippen molar-refractivity contribution >= 4 is 47.6 Å². The first kappa shape index (κ1) is 72.7. The highest BCUT2D eigenvalue weighted by molar-refractivity contribution is 5.73. The maximum absolute atomic E-state index is 14.0. The van der Waals surface area contributed by atoms with E-state index in [1.54, 1.807) is 0 Å². The molecule has 0 radical (unpaired) electrons. The second kappa shape index (κ2) is 29.5. The topological polar surface area (TPSA) is 243 Å². The minimum absolute atomic E-state index is 0.0599. The van der Waals surface area contributed by atoms with E-state index in [9.17, 15) is 19.8 Å². The number of nitrogens with one attached hydrogen (secondary N) is 6. The van der Waals surface area contributed by atoms with Gasteiger partial charge in [-0.3, -0.25) is 0 Å². The van der Waals surface area contributed by atoms with E-state index in [1.165, 1.54) is 0 Å². The molecule has 6 heterocycles. The second-order valence-electron chi connectivity index (χ2n) is 32.7. The van der Waals surface area contributed by atoms with Gasteiger partial charge in [0.05, 0.1) is 0 Å². The average molecular weight is 1230 g/mol. The normalized spacial score (nSPS) is 21.5. The summed E-state index contributed by atoms with van der Waals surface area (Å²) in [6, 6.07) is 0.581. The number of carbonyl (C=O) groups is 2. The quantitative estimate of drug-likeness (QED) is 0.0389. The van der Waals surface area contributed by atoms with E-state index in [-0.39, 0.29) is 114 Å². The number of aliphatic carboxylic acids is 2. The van der Waals surface area contributed by atoms with Crippen molar-refractivity contribution in [2.75, 3.05) is 69.5 Å². The molecule has 6 rings (SSSR count). The molecule has 4 aliphatic rings. The van der Waals surface area contributed by atoms with E-state index in [0.29, 0.717) is 35.7 Å². The summed E-state index contributed by atoms with van der Waals surface area (Å²) in [4.78, 5) is 67.8. The van der Waals surface area contributed by atoms with Gasteiger partial charge in [-0.05, 0) is 220 Å². The van der Waals surface area contributed by atoms with Crippen molar-refractivity contribution in [3.05, 3.63) is 0 Å². The first-order chi connectivity index (χ1) is 40.8. The van der Waals surface area contributed by atoms with Crippen molar-refractivity contribution in [2.45, 2.75) is 342 Å². The van der Waals surface area contributed by atoms with Crippen LogP contribution in [-0.2, 0) is 9.59 Å². The van der Waals surface area contributed by atoms with Gasteiger partial charge in [-0.15, -0.1) is 0 Å². The molecular formula is C68H124N16O4-2. The van der Waals surface area contributed by atoms with Crippen molar-refractivity contribution in [3.63, 3.8) is 0 Å². The third-order valence-corrected chi connectivity index (χ3v) is 18.9. The predicted octanol–water partition coefficient (Wildman–Crippen LogP) is 9.68. The molecule has 0 unspecified atom stereocenters. The third-order valence-electron chi connectivity index (χ3n) is 18.9. The van der Waals surface area contributed by atoms with Gasteiger partial charge in [0.15, 0.2) is 0 Å². The van der Waals surface area contributed by atoms with Crippen molar-refractivity contribution in [3.8, 4) is 0 Å². The molecule has 4 fully saturated rings. The monoisotopic (exact) mass is 1230 g/mol. The van der Waals surface area contributed by atoms with Crippen LogP contribution in [0.5, 0.6) is 0 Å². The Bertz CT molecular complexity index is 2210. The highest BCUT2D eigenvalue weighted by Gasteiger charge is 2.46. The maximum Gasteiger partial charge on any atom is 0.232 e. The summed E-state index contributed by atoms with van der Waals surface area (Å²) in [6.07, 6.45) is 15.2. The molecule has 0 aliphatic carbocycles. The number of carboxylic acids is 2. The molecule has 2 aromatic heterocycles. The molecule has 0 bridgehead atoms. The van der Waals surface area contributed by atoms with Crippen LogP contribution in [0, 0.1) is 5.41 Å². The van der Waals surface area contributed by atoms with Crippen LogP contribution in [0.3, 0.4) is 0 Å². The molecule has 0 spiro atoms. The molecule has 4 aliphatic heterocycles. The Morgan fingerprint density at radius 3 is 0.852 bits per heavy atom. The van der Waals surface area contributed by atoms with Gasteiger partial charge in [-0.25, -0.2) is 0 Å². The standard InChI is InChI=1S/C68H126N16O4/c1-21-25-36-81(48-40-60(5,6)77-61(7,8)41-48)56-71-54(72-57(75-56)82(37-26-22-2)49-42-62(9,10)78-63(11,12)43-49)69-34-32-68(53(87)88,31-29-30-52(85)86)33-35-70-55-73-58(83(38-27-23-3)50-44-64(13,14)79-65(15,16)45-50)76-59(74-55)84(39-28-24-4)51-46-66(17,18)80-67(19,20)47-51/h48-51,77-80H,21-47H2,1-20H3,(H,85,86)(H,87,88)(H,69,71,72,75)(H,70,73,74,76)/p-2. The first-order valence-corrected chi connectivity index (χ1v) is 34.5. The zero-order chi connectivity index (χ0) is 65.3. The predicted molar refractivity (Wildman–Crippen MR) is 358 cm³/mol. The van der Waals surface area contributed by atoms with Crippen LogP contribution in [0.25, 0.3) is 0 Å². The van der Waals surface area contributed by atoms with Gasteiger partial charge in [0, 0.05) is 125 Å². The molecule has 0 amide bonds. The average Bonchev–Trinajstić information content (AvgIpc) is 1.87. The van der Waals surface area contributed by atoms with E-state index < -0.39 is 17.4 Å². The number of unbranched alkanes of at least 4 members (excludes halogenated alkanes) is 4. The molecule has 4 saturated heterocycles. The number of hydrogen-bond acceptors (Lipinski definition) is 20. The zero-order valence-corrected chi connectivity index (χ0v) is 59.0. The lowest BCUT2D eigenvalue weighted by Gasteiger charge is -2.50. The molecule has 88 heavy (non-hydrogen) atoms. The number of carbonyl (C=O) groups excluding carboxylic acids is 2. The fourth-order valence-corrected chi connectivity index (χ4v) is 16.5. The molecule has 0 atom stereocenters. The number of anilines is 6. The zero-order valence-electron chi connectivity index (χ0n) is 59.0. The van der Waals surface area contributed by atoms with Gasteiger partial charge in [0.25, 0.3) is 0 Å². The summed E-state index contributed by atoms with van der Waals surface area (Å²) in [7, 11) is 0. The largest absolute Gasteiger partial charge is 0.550 e. The highest BCUT2D eigenvalue weighted by Crippen LogP contribution is 2.40. The Kier molecular flexibility index (Phi) is 24.3. The third kappa shape index (κ3) is 21.1. The van der Waals surface area contributed by atoms with Crippen molar-refractivity contribution < 1.29 is 19.8 Å². The molecule has 2 aromatic rings. The van der Waals surface area contributed by atoms with Gasteiger partial charge < -0.3 is 71.3 Å². The van der Waals surface area contributed by atoms with E-state index in [0.717, 1.165) is 129 Å². The number of piperidine rings is 4. The molecule has 20 nitrogen and oxygen atoms in total. The van der Waals surface area contributed by atoms with Gasteiger partial charge in [-0.1, -0.05) is 53.4 Å². The van der Waals surface area contributed by atoms with Gasteiger partial charge in [-0.2, -0.15) is 29.9 Å². The minimum Gasteiger partial charge on any atom is -0.550 e. The summed E-state index contributed by atoms with van der Waals surface area (Å²) in [5.74, 6) is 0.790. The first-order valence-electron chi connectivity index (χ1n) is 34.5. The molecule has 0 aromatic carbocycles. The number of rotatable bonds is 33. The Labute approximate surface area is 533 Å². The van der Waals surface area contributed by atoms with Gasteiger partial charge in [0.1, 0.15) is 0 Å². The van der Waals surface area contributed by atoms with Crippen LogP contribution in [0.2, 0.25) is 0 Å². The summed E-state index contributed by atoms with van der Waals surface area (Å²) < 4.78 is 0. The lowest BCUT2D eigenvalue weighted by atomic mass is 9.76. The Balaban J connectivity index is 1.41. The van der Waals surface area contributed by atoms with Crippen LogP contribution in [-0.4, -0.2) is 150 Å². The van der Waals surface area contributed by atoms with E-state index in [4.69, 9.17) is 29.9 Å². The van der Waals surface area contributed by atoms with Gasteiger partial charge in [0.2, 0.25) is 35.7 Å². The van der Waals surface area contributed by atoms with Crippen molar-refractivity contribution in [1.29, 1.82) is 0 Å². The van der Waals surface area contributed by atoms with E-state index in [2.05, 4.69) is 190 Å². The summed E-state index contributed by atoms with van der Waals surface area (Å²) >= 11 is 0. The van der Waals surface area contributed by atoms with Crippen LogP contribution < -0.4 is 61.7 Å². The molecule has 6 N–H and O–H groups in total. The maximum atomic E-state index is 14.0. The number of hydrogen-bond donors (Lipinski definition) is 6. The fraction of sp³-hybridized carbons (Fsp3) is 0.882. The Hall–Kier alpha value is -4.40. The Morgan fingerprint density at radius 2 is 0.648 bits per heavy atom.